The molecule has 26 heavy (non-hydrogen) atoms. The lowest BCUT2D eigenvalue weighted by atomic mass is 9.89. The van der Waals surface area contributed by atoms with Crippen molar-refractivity contribution in [3.63, 3.8) is 0 Å². The molecule has 0 bridgehead atoms. The maximum atomic E-state index is 12.6. The van der Waals surface area contributed by atoms with Crippen molar-refractivity contribution in [2.45, 2.75) is 39.0 Å². The van der Waals surface area contributed by atoms with Gasteiger partial charge in [-0.3, -0.25) is 9.59 Å². The van der Waals surface area contributed by atoms with Gasteiger partial charge in [-0.2, -0.15) is 0 Å². The number of aryl methyl sites for hydroxylation is 3. The molecule has 0 unspecified atom stereocenters. The zero-order chi connectivity index (χ0) is 18.7. The van der Waals surface area contributed by atoms with Crippen molar-refractivity contribution < 1.29 is 14.7 Å². The van der Waals surface area contributed by atoms with Gasteiger partial charge in [-0.1, -0.05) is 30.3 Å². The number of carbonyl (C=O) groups is 2. The van der Waals surface area contributed by atoms with Crippen LogP contribution in [-0.4, -0.2) is 35.0 Å². The van der Waals surface area contributed by atoms with Crippen LogP contribution >= 0.6 is 11.3 Å². The molecule has 2 aromatic rings. The van der Waals surface area contributed by atoms with Crippen LogP contribution in [0.3, 0.4) is 0 Å². The van der Waals surface area contributed by atoms with Crippen LogP contribution < -0.4 is 0 Å². The van der Waals surface area contributed by atoms with Gasteiger partial charge in [0.25, 0.3) is 0 Å². The lowest BCUT2D eigenvalue weighted by molar-refractivity contribution is -0.141. The van der Waals surface area contributed by atoms with Gasteiger partial charge >= 0.3 is 5.97 Å². The Morgan fingerprint density at radius 3 is 2.54 bits per heavy atom. The van der Waals surface area contributed by atoms with E-state index in [1.807, 2.05) is 30.3 Å². The fourth-order valence-corrected chi connectivity index (χ4v) is 4.79. The number of hydrogen-bond donors (Lipinski definition) is 1. The largest absolute Gasteiger partial charge is 0.481 e. The maximum absolute atomic E-state index is 12.6. The van der Waals surface area contributed by atoms with Crippen molar-refractivity contribution in [1.82, 2.24) is 4.90 Å². The average Bonchev–Trinajstić information content (AvgIpc) is 3.19. The molecule has 1 N–H and O–H groups in total. The first-order valence-electron chi connectivity index (χ1n) is 9.07. The normalized spacial score (nSPS) is 19.7. The molecule has 4 nitrogen and oxygen atoms in total. The molecule has 0 aliphatic carbocycles. The summed E-state index contributed by atoms with van der Waals surface area (Å²) >= 11 is 1.79. The van der Waals surface area contributed by atoms with Crippen molar-refractivity contribution in [3.05, 3.63) is 57.3 Å². The van der Waals surface area contributed by atoms with Gasteiger partial charge in [-0.15, -0.1) is 11.3 Å². The summed E-state index contributed by atoms with van der Waals surface area (Å²) in [6.45, 7) is 5.03. The summed E-state index contributed by atoms with van der Waals surface area (Å²) in [6.07, 6.45) is 2.18. The molecule has 138 valence electrons. The summed E-state index contributed by atoms with van der Waals surface area (Å²) in [7, 11) is 0. The molecule has 0 spiro atoms. The van der Waals surface area contributed by atoms with Gasteiger partial charge in [-0.25, -0.2) is 0 Å². The van der Waals surface area contributed by atoms with E-state index >= 15 is 0 Å². The van der Waals surface area contributed by atoms with Gasteiger partial charge in [0.05, 0.1) is 5.92 Å². The fourth-order valence-electron chi connectivity index (χ4n) is 3.82. The first-order valence-corrected chi connectivity index (χ1v) is 9.88. The standard InChI is InChI=1S/C21H25NO3S/c1-14-11-17(15(2)26-14)9-6-10-20(23)22-12-18(19(13-22)21(24)25)16-7-4-3-5-8-16/h3-5,7-8,11,18-19H,6,9-10,12-13H2,1-2H3,(H,24,25)/t18-,19-/m0/s1. The van der Waals surface area contributed by atoms with Crippen LogP contribution in [0.15, 0.2) is 36.4 Å². The molecule has 5 heteroatoms. The molecule has 1 fully saturated rings. The Morgan fingerprint density at radius 2 is 1.92 bits per heavy atom. The first-order chi connectivity index (χ1) is 12.5. The molecule has 2 atom stereocenters. The van der Waals surface area contributed by atoms with Crippen LogP contribution in [0.25, 0.3) is 0 Å². The Labute approximate surface area is 158 Å². The second kappa shape index (κ2) is 8.04. The monoisotopic (exact) mass is 371 g/mol. The van der Waals surface area contributed by atoms with Crippen LogP contribution in [0.1, 0.15) is 39.6 Å². The van der Waals surface area contributed by atoms with Crippen LogP contribution in [0, 0.1) is 19.8 Å². The van der Waals surface area contributed by atoms with Crippen LogP contribution in [-0.2, 0) is 16.0 Å². The summed E-state index contributed by atoms with van der Waals surface area (Å²) in [4.78, 5) is 28.6. The predicted octanol–water partition coefficient (Wildman–Crippen LogP) is 4.01. The predicted molar refractivity (Wildman–Crippen MR) is 104 cm³/mol. The molecule has 2 heterocycles. The quantitative estimate of drug-likeness (QED) is 0.834. The van der Waals surface area contributed by atoms with Gasteiger partial charge < -0.3 is 10.0 Å². The van der Waals surface area contributed by atoms with Crippen LogP contribution in [0.5, 0.6) is 0 Å². The number of hydrogen-bond acceptors (Lipinski definition) is 3. The number of carboxylic acids is 1. The minimum absolute atomic E-state index is 0.0688. The van der Waals surface area contributed by atoms with E-state index in [4.69, 9.17) is 0 Å². The molecule has 0 radical (unpaired) electrons. The third-order valence-electron chi connectivity index (χ3n) is 5.20. The maximum Gasteiger partial charge on any atom is 0.308 e. The molecule has 3 rings (SSSR count). The van der Waals surface area contributed by atoms with Crippen molar-refractivity contribution in [2.75, 3.05) is 13.1 Å². The highest BCUT2D eigenvalue weighted by Crippen LogP contribution is 2.33. The summed E-state index contributed by atoms with van der Waals surface area (Å²) in [5.74, 6) is -1.40. The highest BCUT2D eigenvalue weighted by Gasteiger charge is 2.40. The van der Waals surface area contributed by atoms with E-state index in [1.165, 1.54) is 15.3 Å². The Morgan fingerprint density at radius 1 is 1.19 bits per heavy atom. The number of thiophene rings is 1. The third-order valence-corrected chi connectivity index (χ3v) is 6.21. The summed E-state index contributed by atoms with van der Waals surface area (Å²) in [5, 5.41) is 9.57. The lowest BCUT2D eigenvalue weighted by Crippen LogP contribution is -2.29. The smallest absolute Gasteiger partial charge is 0.308 e. The molecule has 1 aliphatic heterocycles. The molecule has 1 aliphatic rings. The fraction of sp³-hybridized carbons (Fsp3) is 0.429. The van der Waals surface area contributed by atoms with E-state index < -0.39 is 11.9 Å². The van der Waals surface area contributed by atoms with E-state index in [9.17, 15) is 14.7 Å². The molecular formula is C21H25NO3S. The van der Waals surface area contributed by atoms with Crippen molar-refractivity contribution in [1.29, 1.82) is 0 Å². The minimum atomic E-state index is -0.821. The number of aliphatic carboxylic acids is 1. The van der Waals surface area contributed by atoms with E-state index in [1.54, 1.807) is 16.2 Å². The van der Waals surface area contributed by atoms with Gasteiger partial charge in [0.1, 0.15) is 0 Å². The zero-order valence-corrected chi connectivity index (χ0v) is 16.1. The zero-order valence-electron chi connectivity index (χ0n) is 15.3. The first kappa shape index (κ1) is 18.6. The van der Waals surface area contributed by atoms with Gasteiger partial charge in [0.2, 0.25) is 5.91 Å². The molecule has 1 amide bonds. The van der Waals surface area contributed by atoms with E-state index in [2.05, 4.69) is 19.9 Å². The molecular weight excluding hydrogens is 346 g/mol. The lowest BCUT2D eigenvalue weighted by Gasteiger charge is -2.16. The molecule has 1 aromatic carbocycles. The SMILES string of the molecule is Cc1cc(CCCC(=O)N2C[C@H](C(=O)O)[C@H](c3ccccc3)C2)c(C)s1. The number of likely N-dealkylation sites (tertiary alicyclic amines) is 1. The third kappa shape index (κ3) is 4.15. The van der Waals surface area contributed by atoms with Crippen LogP contribution in [0.4, 0.5) is 0 Å². The topological polar surface area (TPSA) is 57.6 Å². The van der Waals surface area contributed by atoms with Gasteiger partial charge in [0.15, 0.2) is 0 Å². The highest BCUT2D eigenvalue weighted by atomic mass is 32.1. The van der Waals surface area contributed by atoms with E-state index in [0.717, 1.165) is 18.4 Å². The molecule has 0 saturated carbocycles. The Kier molecular flexibility index (Phi) is 5.77. The summed E-state index contributed by atoms with van der Waals surface area (Å²) in [5.41, 5.74) is 2.33. The number of carbonyl (C=O) groups excluding carboxylic acids is 1. The van der Waals surface area contributed by atoms with Crippen molar-refractivity contribution >= 4 is 23.2 Å². The molecule has 1 saturated heterocycles. The summed E-state index contributed by atoms with van der Waals surface area (Å²) in [6, 6.07) is 11.9. The van der Waals surface area contributed by atoms with E-state index in [-0.39, 0.29) is 11.8 Å². The summed E-state index contributed by atoms with van der Waals surface area (Å²) < 4.78 is 0. The number of rotatable bonds is 6. The van der Waals surface area contributed by atoms with Gasteiger partial charge in [-0.05, 0) is 43.9 Å². The Balaban J connectivity index is 1.59. The second-order valence-corrected chi connectivity index (χ2v) is 8.51. The number of nitrogens with zero attached hydrogens (tertiary/aromatic N) is 1. The average molecular weight is 372 g/mol. The Hall–Kier alpha value is -2.14. The van der Waals surface area contributed by atoms with Gasteiger partial charge in [0, 0.05) is 35.2 Å². The highest BCUT2D eigenvalue weighted by molar-refractivity contribution is 7.12. The number of amides is 1. The van der Waals surface area contributed by atoms with Crippen molar-refractivity contribution in [2.24, 2.45) is 5.92 Å². The van der Waals surface area contributed by atoms with Crippen LogP contribution in [0.2, 0.25) is 0 Å². The van der Waals surface area contributed by atoms with Crippen molar-refractivity contribution in [3.8, 4) is 0 Å². The number of carboxylic acid groups (broad SMARTS) is 1. The molecule has 1 aromatic heterocycles. The minimum Gasteiger partial charge on any atom is -0.481 e. The second-order valence-electron chi connectivity index (χ2n) is 7.05. The number of benzene rings is 1. The van der Waals surface area contributed by atoms with E-state index in [0.29, 0.717) is 19.5 Å². The Bertz CT molecular complexity index is 784.